The van der Waals surface area contributed by atoms with Gasteiger partial charge in [0.1, 0.15) is 0 Å². The van der Waals surface area contributed by atoms with Gasteiger partial charge in [-0.1, -0.05) is 35.3 Å². The first-order chi connectivity index (χ1) is 11.0. The maximum absolute atomic E-state index is 12.4. The number of carbonyl (C=O) groups excluding carboxylic acids is 2. The van der Waals surface area contributed by atoms with Crippen molar-refractivity contribution in [3.8, 4) is 0 Å². The summed E-state index contributed by atoms with van der Waals surface area (Å²) in [5.41, 5.74) is 1.75. The number of hydrogen-bond acceptors (Lipinski definition) is 3. The van der Waals surface area contributed by atoms with E-state index >= 15 is 0 Å². The summed E-state index contributed by atoms with van der Waals surface area (Å²) in [5.74, 6) is -0.637. The van der Waals surface area contributed by atoms with E-state index in [0.717, 1.165) is 18.4 Å². The minimum atomic E-state index is -0.391. The second-order valence-electron chi connectivity index (χ2n) is 5.28. The largest absolute Gasteiger partial charge is 0.463 e. The van der Waals surface area contributed by atoms with Gasteiger partial charge in [0.05, 0.1) is 16.7 Å². The molecule has 23 heavy (non-hydrogen) atoms. The van der Waals surface area contributed by atoms with E-state index in [-0.39, 0.29) is 12.5 Å². The Morgan fingerprint density at radius 3 is 2.57 bits per heavy atom. The average Bonchev–Trinajstić information content (AvgIpc) is 2.56. The first kappa shape index (κ1) is 17.8. The molecule has 0 radical (unpaired) electrons. The zero-order valence-corrected chi connectivity index (χ0v) is 14.5. The third-order valence-electron chi connectivity index (χ3n) is 3.73. The lowest BCUT2D eigenvalue weighted by molar-refractivity contribution is -0.139. The van der Waals surface area contributed by atoms with E-state index in [1.165, 1.54) is 0 Å². The Morgan fingerprint density at radius 2 is 1.87 bits per heavy atom. The highest BCUT2D eigenvalue weighted by Gasteiger charge is 2.24. The third kappa shape index (κ3) is 4.49. The SMILES string of the molecule is CCOC(=O)C1=C(C(=O)NCc2cccc(Cl)c2Cl)CCCC1. The van der Waals surface area contributed by atoms with E-state index in [0.29, 0.717) is 40.6 Å². The molecule has 6 heteroatoms. The Balaban J connectivity index is 2.11. The van der Waals surface area contributed by atoms with Crippen LogP contribution in [0.15, 0.2) is 29.3 Å². The van der Waals surface area contributed by atoms with Crippen LogP contribution in [0.5, 0.6) is 0 Å². The molecule has 1 aliphatic carbocycles. The molecule has 4 nitrogen and oxygen atoms in total. The van der Waals surface area contributed by atoms with Crippen LogP contribution in [0.1, 0.15) is 38.2 Å². The average molecular weight is 356 g/mol. The third-order valence-corrected chi connectivity index (χ3v) is 4.59. The van der Waals surface area contributed by atoms with Crippen molar-refractivity contribution < 1.29 is 14.3 Å². The standard InChI is InChI=1S/C17H19Cl2NO3/c1-2-23-17(22)13-8-4-3-7-12(13)16(21)20-10-11-6-5-9-14(18)15(11)19/h5-6,9H,2-4,7-8,10H2,1H3,(H,20,21). The molecule has 0 atom stereocenters. The lowest BCUT2D eigenvalue weighted by atomic mass is 9.91. The zero-order valence-electron chi connectivity index (χ0n) is 13.0. The van der Waals surface area contributed by atoms with Crippen molar-refractivity contribution in [2.75, 3.05) is 6.61 Å². The first-order valence-electron chi connectivity index (χ1n) is 7.64. The van der Waals surface area contributed by atoms with Crippen molar-refractivity contribution >= 4 is 35.1 Å². The fourth-order valence-corrected chi connectivity index (χ4v) is 2.95. The summed E-state index contributed by atoms with van der Waals surface area (Å²) in [5, 5.41) is 3.69. The van der Waals surface area contributed by atoms with Crippen molar-refractivity contribution in [2.45, 2.75) is 39.2 Å². The summed E-state index contributed by atoms with van der Waals surface area (Å²) in [6.45, 7) is 2.31. The molecule has 2 rings (SSSR count). The number of halogens is 2. The van der Waals surface area contributed by atoms with Crippen LogP contribution in [0.3, 0.4) is 0 Å². The highest BCUT2D eigenvalue weighted by Crippen LogP contribution is 2.27. The van der Waals surface area contributed by atoms with Crippen molar-refractivity contribution in [1.82, 2.24) is 5.32 Å². The Kier molecular flexibility index (Phi) is 6.48. The van der Waals surface area contributed by atoms with Crippen LogP contribution in [-0.2, 0) is 20.9 Å². The van der Waals surface area contributed by atoms with Gasteiger partial charge in [0.2, 0.25) is 5.91 Å². The topological polar surface area (TPSA) is 55.4 Å². The van der Waals surface area contributed by atoms with Crippen LogP contribution in [0.25, 0.3) is 0 Å². The van der Waals surface area contributed by atoms with Gasteiger partial charge in [-0.25, -0.2) is 4.79 Å². The number of esters is 1. The molecule has 1 aromatic rings. The fraction of sp³-hybridized carbons (Fsp3) is 0.412. The van der Waals surface area contributed by atoms with E-state index < -0.39 is 5.97 Å². The number of nitrogens with one attached hydrogen (secondary N) is 1. The van der Waals surface area contributed by atoms with Gasteiger partial charge in [0.25, 0.3) is 0 Å². The predicted molar refractivity (Wildman–Crippen MR) is 90.4 cm³/mol. The van der Waals surface area contributed by atoms with Gasteiger partial charge in [-0.3, -0.25) is 4.79 Å². The Labute approximate surface area is 145 Å². The summed E-state index contributed by atoms with van der Waals surface area (Å²) >= 11 is 12.1. The smallest absolute Gasteiger partial charge is 0.334 e. The van der Waals surface area contributed by atoms with Crippen LogP contribution in [-0.4, -0.2) is 18.5 Å². The van der Waals surface area contributed by atoms with Gasteiger partial charge in [-0.15, -0.1) is 0 Å². The maximum atomic E-state index is 12.4. The van der Waals surface area contributed by atoms with Gasteiger partial charge in [0.15, 0.2) is 0 Å². The highest BCUT2D eigenvalue weighted by molar-refractivity contribution is 6.42. The second kappa shape index (κ2) is 8.37. The van der Waals surface area contributed by atoms with Crippen molar-refractivity contribution in [2.24, 2.45) is 0 Å². The molecule has 1 N–H and O–H groups in total. The van der Waals surface area contributed by atoms with E-state index in [2.05, 4.69) is 5.32 Å². The van der Waals surface area contributed by atoms with Gasteiger partial charge < -0.3 is 10.1 Å². The molecular weight excluding hydrogens is 337 g/mol. The van der Waals surface area contributed by atoms with Crippen molar-refractivity contribution in [3.05, 3.63) is 45.0 Å². The van der Waals surface area contributed by atoms with Crippen LogP contribution in [0.4, 0.5) is 0 Å². The van der Waals surface area contributed by atoms with Crippen LogP contribution in [0.2, 0.25) is 10.0 Å². The molecule has 0 saturated heterocycles. The number of amides is 1. The lowest BCUT2D eigenvalue weighted by Crippen LogP contribution is -2.28. The molecule has 0 unspecified atom stereocenters. The minimum Gasteiger partial charge on any atom is -0.463 e. The van der Waals surface area contributed by atoms with Gasteiger partial charge >= 0.3 is 5.97 Å². The van der Waals surface area contributed by atoms with Crippen LogP contribution in [0, 0.1) is 0 Å². The number of ether oxygens (including phenoxy) is 1. The zero-order chi connectivity index (χ0) is 16.8. The number of rotatable bonds is 5. The Hall–Kier alpha value is -1.52. The van der Waals surface area contributed by atoms with E-state index in [1.54, 1.807) is 25.1 Å². The summed E-state index contributed by atoms with van der Waals surface area (Å²) in [4.78, 5) is 24.4. The summed E-state index contributed by atoms with van der Waals surface area (Å²) < 4.78 is 5.04. The van der Waals surface area contributed by atoms with Crippen molar-refractivity contribution in [1.29, 1.82) is 0 Å². The molecular formula is C17H19Cl2NO3. The number of carbonyl (C=O) groups is 2. The van der Waals surface area contributed by atoms with Crippen molar-refractivity contribution in [3.63, 3.8) is 0 Å². The summed E-state index contributed by atoms with van der Waals surface area (Å²) in [6.07, 6.45) is 2.96. The molecule has 0 aliphatic heterocycles. The fourth-order valence-electron chi connectivity index (χ4n) is 2.57. The van der Waals surface area contributed by atoms with Gasteiger partial charge in [-0.2, -0.15) is 0 Å². The molecule has 0 saturated carbocycles. The summed E-state index contributed by atoms with van der Waals surface area (Å²) in [6, 6.07) is 5.27. The van der Waals surface area contributed by atoms with E-state index in [4.69, 9.17) is 27.9 Å². The quantitative estimate of drug-likeness (QED) is 0.810. The molecule has 1 aliphatic rings. The van der Waals surface area contributed by atoms with Gasteiger partial charge in [-0.05, 0) is 44.2 Å². The van der Waals surface area contributed by atoms with Gasteiger partial charge in [0, 0.05) is 17.7 Å². The normalized spacial score (nSPS) is 14.6. The molecule has 0 aromatic heterocycles. The number of benzene rings is 1. The minimum absolute atomic E-state index is 0.246. The first-order valence-corrected chi connectivity index (χ1v) is 8.40. The molecule has 0 bridgehead atoms. The maximum Gasteiger partial charge on any atom is 0.334 e. The van der Waals surface area contributed by atoms with E-state index in [9.17, 15) is 9.59 Å². The molecule has 0 heterocycles. The molecule has 124 valence electrons. The molecule has 0 fully saturated rings. The van der Waals surface area contributed by atoms with Crippen LogP contribution >= 0.6 is 23.2 Å². The highest BCUT2D eigenvalue weighted by atomic mass is 35.5. The molecule has 0 spiro atoms. The predicted octanol–water partition coefficient (Wildman–Crippen LogP) is 4.04. The molecule has 1 amide bonds. The molecule has 1 aromatic carbocycles. The Bertz CT molecular complexity index is 641. The van der Waals surface area contributed by atoms with E-state index in [1.807, 2.05) is 0 Å². The Morgan fingerprint density at radius 1 is 1.17 bits per heavy atom. The monoisotopic (exact) mass is 355 g/mol. The van der Waals surface area contributed by atoms with Crippen LogP contribution < -0.4 is 5.32 Å². The second-order valence-corrected chi connectivity index (χ2v) is 6.07. The number of hydrogen-bond donors (Lipinski definition) is 1. The summed E-state index contributed by atoms with van der Waals surface area (Å²) in [7, 11) is 0. The lowest BCUT2D eigenvalue weighted by Gasteiger charge is -2.19.